The van der Waals surface area contributed by atoms with E-state index in [4.69, 9.17) is 0 Å². The first-order chi connectivity index (χ1) is 9.52. The SMILES string of the molecule is CCN(C(=O)CN1CCC(C)(O)CC1)C1=CCCCC1. The van der Waals surface area contributed by atoms with E-state index in [1.165, 1.54) is 18.5 Å². The molecular formula is C16H28N2O2. The summed E-state index contributed by atoms with van der Waals surface area (Å²) in [4.78, 5) is 16.6. The first kappa shape index (κ1) is 15.5. The summed E-state index contributed by atoms with van der Waals surface area (Å²) >= 11 is 0. The van der Waals surface area contributed by atoms with Gasteiger partial charge in [-0.2, -0.15) is 0 Å². The Morgan fingerprint density at radius 2 is 2.10 bits per heavy atom. The van der Waals surface area contributed by atoms with Crippen LogP contribution in [-0.2, 0) is 4.79 Å². The summed E-state index contributed by atoms with van der Waals surface area (Å²) in [5.74, 6) is 0.210. The maximum Gasteiger partial charge on any atom is 0.240 e. The lowest BCUT2D eigenvalue weighted by atomic mass is 9.94. The summed E-state index contributed by atoms with van der Waals surface area (Å²) in [5.41, 5.74) is 0.670. The van der Waals surface area contributed by atoms with Crippen LogP contribution >= 0.6 is 0 Å². The Labute approximate surface area is 122 Å². The highest BCUT2D eigenvalue weighted by Crippen LogP contribution is 2.23. The van der Waals surface area contributed by atoms with Gasteiger partial charge < -0.3 is 10.0 Å². The molecule has 0 spiro atoms. The molecule has 1 N–H and O–H groups in total. The second kappa shape index (κ2) is 6.72. The second-order valence-corrected chi connectivity index (χ2v) is 6.35. The third-order valence-electron chi connectivity index (χ3n) is 4.52. The van der Waals surface area contributed by atoms with E-state index < -0.39 is 5.60 Å². The first-order valence-electron chi connectivity index (χ1n) is 7.96. The zero-order chi connectivity index (χ0) is 14.6. The minimum atomic E-state index is -0.546. The molecule has 1 amide bonds. The average molecular weight is 280 g/mol. The third-order valence-corrected chi connectivity index (χ3v) is 4.52. The maximum atomic E-state index is 12.5. The van der Waals surface area contributed by atoms with Crippen molar-refractivity contribution in [2.45, 2.75) is 58.0 Å². The van der Waals surface area contributed by atoms with Crippen LogP contribution in [0.5, 0.6) is 0 Å². The smallest absolute Gasteiger partial charge is 0.240 e. The van der Waals surface area contributed by atoms with Crippen molar-refractivity contribution in [1.29, 1.82) is 0 Å². The molecule has 4 nitrogen and oxygen atoms in total. The Kier molecular flexibility index (Phi) is 5.22. The van der Waals surface area contributed by atoms with Crippen LogP contribution in [0.2, 0.25) is 0 Å². The number of likely N-dealkylation sites (tertiary alicyclic amines) is 1. The Bertz CT molecular complexity index is 367. The summed E-state index contributed by atoms with van der Waals surface area (Å²) in [7, 11) is 0. The van der Waals surface area contributed by atoms with E-state index in [2.05, 4.69) is 11.0 Å². The molecule has 0 saturated carbocycles. The zero-order valence-corrected chi connectivity index (χ0v) is 12.9. The van der Waals surface area contributed by atoms with Crippen molar-refractivity contribution in [3.8, 4) is 0 Å². The topological polar surface area (TPSA) is 43.8 Å². The molecule has 0 aromatic carbocycles. The minimum Gasteiger partial charge on any atom is -0.390 e. The predicted octanol–water partition coefficient (Wildman–Crippen LogP) is 2.14. The number of hydrogen-bond donors (Lipinski definition) is 1. The lowest BCUT2D eigenvalue weighted by Crippen LogP contribution is -2.47. The first-order valence-corrected chi connectivity index (χ1v) is 7.96. The van der Waals surface area contributed by atoms with Crippen LogP contribution in [0.25, 0.3) is 0 Å². The van der Waals surface area contributed by atoms with Crippen molar-refractivity contribution in [1.82, 2.24) is 9.80 Å². The number of hydrogen-bond acceptors (Lipinski definition) is 3. The largest absolute Gasteiger partial charge is 0.390 e. The Balaban J connectivity index is 1.88. The molecule has 1 saturated heterocycles. The van der Waals surface area contributed by atoms with E-state index in [0.29, 0.717) is 6.54 Å². The number of carbonyl (C=O) groups is 1. The quantitative estimate of drug-likeness (QED) is 0.858. The van der Waals surface area contributed by atoms with E-state index in [9.17, 15) is 9.90 Å². The number of allylic oxidation sites excluding steroid dienone is 2. The molecule has 2 aliphatic rings. The molecule has 0 aromatic rings. The highest BCUT2D eigenvalue weighted by Gasteiger charge is 2.29. The van der Waals surface area contributed by atoms with Crippen molar-refractivity contribution in [3.05, 3.63) is 11.8 Å². The summed E-state index contributed by atoms with van der Waals surface area (Å²) < 4.78 is 0. The van der Waals surface area contributed by atoms with Crippen LogP contribution < -0.4 is 0 Å². The van der Waals surface area contributed by atoms with Crippen molar-refractivity contribution in [2.24, 2.45) is 0 Å². The van der Waals surface area contributed by atoms with Crippen LogP contribution in [-0.4, -0.2) is 52.6 Å². The Morgan fingerprint density at radius 1 is 1.40 bits per heavy atom. The van der Waals surface area contributed by atoms with E-state index in [-0.39, 0.29) is 5.91 Å². The summed E-state index contributed by atoms with van der Waals surface area (Å²) in [6, 6.07) is 0. The fourth-order valence-electron chi connectivity index (χ4n) is 3.08. The number of aliphatic hydroxyl groups is 1. The molecule has 1 fully saturated rings. The molecule has 1 aliphatic heterocycles. The van der Waals surface area contributed by atoms with Gasteiger partial charge in [0.1, 0.15) is 0 Å². The van der Waals surface area contributed by atoms with Crippen LogP contribution in [0, 0.1) is 0 Å². The molecule has 114 valence electrons. The van der Waals surface area contributed by atoms with Gasteiger partial charge in [-0.1, -0.05) is 6.08 Å². The highest BCUT2D eigenvalue weighted by atomic mass is 16.3. The molecular weight excluding hydrogens is 252 g/mol. The fraction of sp³-hybridized carbons (Fsp3) is 0.812. The zero-order valence-electron chi connectivity index (χ0n) is 12.9. The lowest BCUT2D eigenvalue weighted by Gasteiger charge is -2.36. The third kappa shape index (κ3) is 4.06. The molecule has 2 rings (SSSR count). The van der Waals surface area contributed by atoms with Gasteiger partial charge in [-0.25, -0.2) is 0 Å². The van der Waals surface area contributed by atoms with Crippen molar-refractivity contribution >= 4 is 5.91 Å². The molecule has 20 heavy (non-hydrogen) atoms. The summed E-state index contributed by atoms with van der Waals surface area (Å²) in [6.45, 7) is 6.81. The maximum absolute atomic E-state index is 12.5. The van der Waals surface area contributed by atoms with Crippen molar-refractivity contribution < 1.29 is 9.90 Å². The highest BCUT2D eigenvalue weighted by molar-refractivity contribution is 5.80. The summed E-state index contributed by atoms with van der Waals surface area (Å²) in [5, 5.41) is 9.95. The Morgan fingerprint density at radius 3 is 2.65 bits per heavy atom. The molecule has 0 radical (unpaired) electrons. The number of amides is 1. The van der Waals surface area contributed by atoms with Gasteiger partial charge in [0, 0.05) is 25.3 Å². The number of likely N-dealkylation sites (N-methyl/N-ethyl adjacent to an activating group) is 1. The van der Waals surface area contributed by atoms with E-state index in [0.717, 1.165) is 45.3 Å². The molecule has 0 atom stereocenters. The van der Waals surface area contributed by atoms with Crippen LogP contribution in [0.3, 0.4) is 0 Å². The van der Waals surface area contributed by atoms with Gasteiger partial charge in [0.2, 0.25) is 5.91 Å². The Hall–Kier alpha value is -0.870. The molecule has 0 aromatic heterocycles. The monoisotopic (exact) mass is 280 g/mol. The van der Waals surface area contributed by atoms with Gasteiger partial charge in [-0.05, 0) is 52.4 Å². The van der Waals surface area contributed by atoms with Crippen molar-refractivity contribution in [2.75, 3.05) is 26.2 Å². The van der Waals surface area contributed by atoms with E-state index in [1.807, 2.05) is 18.7 Å². The molecule has 0 bridgehead atoms. The second-order valence-electron chi connectivity index (χ2n) is 6.35. The molecule has 4 heteroatoms. The van der Waals surface area contributed by atoms with E-state index >= 15 is 0 Å². The summed E-state index contributed by atoms with van der Waals surface area (Å²) in [6.07, 6.45) is 8.33. The number of nitrogens with zero attached hydrogens (tertiary/aromatic N) is 2. The van der Waals surface area contributed by atoms with E-state index in [1.54, 1.807) is 0 Å². The molecule has 1 aliphatic carbocycles. The van der Waals surface area contributed by atoms with Gasteiger partial charge in [-0.3, -0.25) is 9.69 Å². The van der Waals surface area contributed by atoms with Crippen LogP contribution in [0.1, 0.15) is 52.4 Å². The van der Waals surface area contributed by atoms with Gasteiger partial charge >= 0.3 is 0 Å². The van der Waals surface area contributed by atoms with Gasteiger partial charge in [0.05, 0.1) is 12.1 Å². The predicted molar refractivity (Wildman–Crippen MR) is 80.2 cm³/mol. The van der Waals surface area contributed by atoms with Crippen molar-refractivity contribution in [3.63, 3.8) is 0 Å². The van der Waals surface area contributed by atoms with Gasteiger partial charge in [0.15, 0.2) is 0 Å². The van der Waals surface area contributed by atoms with Gasteiger partial charge in [0.25, 0.3) is 0 Å². The fourth-order valence-corrected chi connectivity index (χ4v) is 3.08. The lowest BCUT2D eigenvalue weighted by molar-refractivity contribution is -0.131. The van der Waals surface area contributed by atoms with Gasteiger partial charge in [-0.15, -0.1) is 0 Å². The average Bonchev–Trinajstić information content (AvgIpc) is 2.43. The minimum absolute atomic E-state index is 0.210. The number of rotatable bonds is 4. The molecule has 1 heterocycles. The van der Waals surface area contributed by atoms with Crippen LogP contribution in [0.4, 0.5) is 0 Å². The van der Waals surface area contributed by atoms with Crippen LogP contribution in [0.15, 0.2) is 11.8 Å². The standard InChI is InChI=1S/C16H28N2O2/c1-3-18(14-7-5-4-6-8-14)15(19)13-17-11-9-16(2,20)10-12-17/h7,20H,3-6,8-13H2,1-2H3. The molecule has 0 unspecified atom stereocenters. The number of carbonyl (C=O) groups excluding carboxylic acids is 1. The number of piperidine rings is 1. The normalized spacial score (nSPS) is 23.2.